The summed E-state index contributed by atoms with van der Waals surface area (Å²) in [5, 5.41) is 22.2. The number of primary amides is 1. The van der Waals surface area contributed by atoms with E-state index in [0.29, 0.717) is 0 Å². The van der Waals surface area contributed by atoms with Crippen molar-refractivity contribution >= 4 is 23.7 Å². The van der Waals surface area contributed by atoms with Gasteiger partial charge in [-0.1, -0.05) is 13.8 Å². The fourth-order valence-corrected chi connectivity index (χ4v) is 1.67. The molecule has 0 aliphatic heterocycles. The minimum Gasteiger partial charge on any atom is -0.480 e. The van der Waals surface area contributed by atoms with E-state index in [9.17, 15) is 19.2 Å². The number of aliphatic hydroxyl groups is 1. The third kappa shape index (κ3) is 7.56. The zero-order chi connectivity index (χ0) is 18.2. The summed E-state index contributed by atoms with van der Waals surface area (Å²) < 4.78 is 0. The van der Waals surface area contributed by atoms with Crippen molar-refractivity contribution in [1.29, 1.82) is 0 Å². The summed E-state index contributed by atoms with van der Waals surface area (Å²) in [5.74, 6) is -3.75. The Balaban J connectivity index is 4.79. The third-order valence-corrected chi connectivity index (χ3v) is 3.08. The van der Waals surface area contributed by atoms with Gasteiger partial charge >= 0.3 is 5.97 Å². The van der Waals surface area contributed by atoms with Crippen molar-refractivity contribution < 1.29 is 29.4 Å². The van der Waals surface area contributed by atoms with Crippen LogP contribution in [0.2, 0.25) is 0 Å². The standard InChI is InChI=1S/C13H24N4O6/c1-6(2)10(12(21)16-8(5-18)13(22)23)17-11(20)7(14)3-4-9(15)19/h6-8,10,18H,3-5,14H2,1-2H3,(H2,15,19)(H,16,21)(H,17,20)(H,22,23). The van der Waals surface area contributed by atoms with Crippen LogP contribution in [0.15, 0.2) is 0 Å². The third-order valence-electron chi connectivity index (χ3n) is 3.08. The molecule has 3 atom stereocenters. The number of carboxylic acid groups (broad SMARTS) is 1. The summed E-state index contributed by atoms with van der Waals surface area (Å²) in [4.78, 5) is 45.5. The average Bonchev–Trinajstić information content (AvgIpc) is 2.46. The van der Waals surface area contributed by atoms with Crippen molar-refractivity contribution in [2.45, 2.75) is 44.8 Å². The lowest BCUT2D eigenvalue weighted by Crippen LogP contribution is -2.57. The van der Waals surface area contributed by atoms with Crippen LogP contribution in [-0.2, 0) is 19.2 Å². The Labute approximate surface area is 133 Å². The van der Waals surface area contributed by atoms with Gasteiger partial charge in [0.2, 0.25) is 17.7 Å². The highest BCUT2D eigenvalue weighted by Crippen LogP contribution is 2.04. The topological polar surface area (TPSA) is 185 Å². The van der Waals surface area contributed by atoms with Crippen LogP contribution in [0.3, 0.4) is 0 Å². The van der Waals surface area contributed by atoms with Gasteiger partial charge < -0.3 is 32.3 Å². The Hall–Kier alpha value is -2.20. The lowest BCUT2D eigenvalue weighted by Gasteiger charge is -2.24. The number of aliphatic carboxylic acids is 1. The number of hydrogen-bond acceptors (Lipinski definition) is 6. The molecule has 0 aliphatic rings. The molecule has 0 bridgehead atoms. The highest BCUT2D eigenvalue weighted by molar-refractivity contribution is 5.92. The molecule has 0 fully saturated rings. The van der Waals surface area contributed by atoms with Crippen LogP contribution in [0.5, 0.6) is 0 Å². The first-order valence-electron chi connectivity index (χ1n) is 7.08. The summed E-state index contributed by atoms with van der Waals surface area (Å²) in [7, 11) is 0. The fourth-order valence-electron chi connectivity index (χ4n) is 1.67. The first-order valence-corrected chi connectivity index (χ1v) is 7.08. The van der Waals surface area contributed by atoms with E-state index in [-0.39, 0.29) is 18.8 Å². The Morgan fingerprint density at radius 3 is 2.04 bits per heavy atom. The van der Waals surface area contributed by atoms with Crippen molar-refractivity contribution in [1.82, 2.24) is 10.6 Å². The van der Waals surface area contributed by atoms with Crippen LogP contribution in [0.4, 0.5) is 0 Å². The van der Waals surface area contributed by atoms with Crippen molar-refractivity contribution in [3.05, 3.63) is 0 Å². The Bertz CT molecular complexity index is 454. The van der Waals surface area contributed by atoms with E-state index in [1.54, 1.807) is 13.8 Å². The average molecular weight is 332 g/mol. The predicted octanol–water partition coefficient (Wildman–Crippen LogP) is -2.72. The smallest absolute Gasteiger partial charge is 0.328 e. The molecule has 0 spiro atoms. The number of hydrogen-bond donors (Lipinski definition) is 6. The SMILES string of the molecule is CC(C)C(NC(=O)C(N)CCC(N)=O)C(=O)NC(CO)C(=O)O. The van der Waals surface area contributed by atoms with Crippen LogP contribution in [0, 0.1) is 5.92 Å². The van der Waals surface area contributed by atoms with E-state index < -0.39 is 48.4 Å². The van der Waals surface area contributed by atoms with Crippen molar-refractivity contribution in [3.63, 3.8) is 0 Å². The van der Waals surface area contributed by atoms with E-state index in [1.807, 2.05) is 0 Å². The minimum atomic E-state index is -1.47. The van der Waals surface area contributed by atoms with Gasteiger partial charge in [-0.25, -0.2) is 4.79 Å². The van der Waals surface area contributed by atoms with Crippen molar-refractivity contribution in [3.8, 4) is 0 Å². The zero-order valence-corrected chi connectivity index (χ0v) is 13.1. The molecule has 8 N–H and O–H groups in total. The van der Waals surface area contributed by atoms with Crippen LogP contribution in [-0.4, -0.2) is 58.6 Å². The molecule has 0 radical (unpaired) electrons. The van der Waals surface area contributed by atoms with Gasteiger partial charge in [0.05, 0.1) is 12.6 Å². The van der Waals surface area contributed by atoms with Crippen LogP contribution in [0.1, 0.15) is 26.7 Å². The normalized spacial score (nSPS) is 14.7. The molecule has 0 aromatic carbocycles. The fraction of sp³-hybridized carbons (Fsp3) is 0.692. The summed E-state index contributed by atoms with van der Waals surface area (Å²) in [6.45, 7) is 2.51. The van der Waals surface area contributed by atoms with Crippen LogP contribution < -0.4 is 22.1 Å². The maximum Gasteiger partial charge on any atom is 0.328 e. The molecule has 0 saturated heterocycles. The van der Waals surface area contributed by atoms with Gasteiger partial charge in [0, 0.05) is 6.42 Å². The van der Waals surface area contributed by atoms with E-state index >= 15 is 0 Å². The molecule has 0 aliphatic carbocycles. The molecule has 3 amide bonds. The van der Waals surface area contributed by atoms with Crippen molar-refractivity contribution in [2.24, 2.45) is 17.4 Å². The number of amides is 3. The molecule has 10 heteroatoms. The first-order chi connectivity index (χ1) is 10.6. The number of carbonyl (C=O) groups is 4. The number of nitrogens with one attached hydrogen (secondary N) is 2. The van der Waals surface area contributed by atoms with Crippen LogP contribution >= 0.6 is 0 Å². The minimum absolute atomic E-state index is 0.0298. The zero-order valence-electron chi connectivity index (χ0n) is 13.1. The molecule has 10 nitrogen and oxygen atoms in total. The highest BCUT2D eigenvalue weighted by atomic mass is 16.4. The molecular formula is C13H24N4O6. The molecule has 3 unspecified atom stereocenters. The molecule has 0 aromatic rings. The molecular weight excluding hydrogens is 308 g/mol. The van der Waals surface area contributed by atoms with E-state index in [2.05, 4.69) is 10.6 Å². The lowest BCUT2D eigenvalue weighted by atomic mass is 10.0. The maximum atomic E-state index is 12.1. The number of aliphatic hydroxyl groups excluding tert-OH is 1. The summed E-state index contributed by atoms with van der Waals surface area (Å²) in [6.07, 6.45) is -0.0410. The number of rotatable bonds is 10. The van der Waals surface area contributed by atoms with Gasteiger partial charge in [0.25, 0.3) is 0 Å². The van der Waals surface area contributed by atoms with E-state index in [1.165, 1.54) is 0 Å². The maximum absolute atomic E-state index is 12.1. The molecule has 0 heterocycles. The van der Waals surface area contributed by atoms with Gasteiger partial charge in [0.1, 0.15) is 12.1 Å². The first kappa shape index (κ1) is 20.8. The summed E-state index contributed by atoms with van der Waals surface area (Å²) >= 11 is 0. The predicted molar refractivity (Wildman–Crippen MR) is 79.8 cm³/mol. The van der Waals surface area contributed by atoms with Gasteiger partial charge in [-0.15, -0.1) is 0 Å². The molecule has 132 valence electrons. The van der Waals surface area contributed by atoms with Gasteiger partial charge in [0.15, 0.2) is 0 Å². The van der Waals surface area contributed by atoms with Crippen LogP contribution in [0.25, 0.3) is 0 Å². The van der Waals surface area contributed by atoms with Gasteiger partial charge in [-0.2, -0.15) is 0 Å². The second kappa shape index (κ2) is 9.74. The highest BCUT2D eigenvalue weighted by Gasteiger charge is 2.29. The Kier molecular flexibility index (Phi) is 8.81. The molecule has 0 aromatic heterocycles. The molecule has 23 heavy (non-hydrogen) atoms. The number of carboxylic acids is 1. The van der Waals surface area contributed by atoms with Crippen molar-refractivity contribution in [2.75, 3.05) is 6.61 Å². The summed E-state index contributed by atoms with van der Waals surface area (Å²) in [6, 6.07) is -3.52. The molecule has 0 rings (SSSR count). The van der Waals surface area contributed by atoms with Gasteiger partial charge in [-0.05, 0) is 12.3 Å². The Morgan fingerprint density at radius 2 is 1.65 bits per heavy atom. The lowest BCUT2D eigenvalue weighted by molar-refractivity contribution is -0.143. The van der Waals surface area contributed by atoms with E-state index in [4.69, 9.17) is 21.7 Å². The number of carbonyl (C=O) groups excluding carboxylic acids is 3. The monoisotopic (exact) mass is 332 g/mol. The largest absolute Gasteiger partial charge is 0.480 e. The van der Waals surface area contributed by atoms with Gasteiger partial charge in [-0.3, -0.25) is 14.4 Å². The number of nitrogens with two attached hydrogens (primary N) is 2. The Morgan fingerprint density at radius 1 is 1.09 bits per heavy atom. The quantitative estimate of drug-likeness (QED) is 0.251. The summed E-state index contributed by atoms with van der Waals surface area (Å²) in [5.41, 5.74) is 10.6. The molecule has 0 saturated carbocycles. The second-order valence-corrected chi connectivity index (χ2v) is 5.42. The second-order valence-electron chi connectivity index (χ2n) is 5.42. The van der Waals surface area contributed by atoms with E-state index in [0.717, 1.165) is 0 Å².